The van der Waals surface area contributed by atoms with Crippen molar-refractivity contribution in [1.82, 2.24) is 9.97 Å². The molecule has 0 spiro atoms. The maximum atomic E-state index is 4.11. The SMILES string of the molecule is C(=Cc1c2ccccc2c(C=Cc2ccncc2)c2ccccc12)c1ccncc1. The molecule has 0 bridgehead atoms. The summed E-state index contributed by atoms with van der Waals surface area (Å²) in [6.45, 7) is 0. The van der Waals surface area contributed by atoms with Gasteiger partial charge < -0.3 is 0 Å². The maximum absolute atomic E-state index is 4.11. The molecule has 2 aromatic heterocycles. The van der Waals surface area contributed by atoms with Crippen LogP contribution < -0.4 is 0 Å². The Morgan fingerprint density at radius 2 is 0.733 bits per heavy atom. The van der Waals surface area contributed by atoms with Gasteiger partial charge in [-0.05, 0) is 68.1 Å². The van der Waals surface area contributed by atoms with E-state index >= 15 is 0 Å². The minimum Gasteiger partial charge on any atom is -0.265 e. The van der Waals surface area contributed by atoms with E-state index in [0.717, 1.165) is 11.1 Å². The van der Waals surface area contributed by atoms with Crippen molar-refractivity contribution in [2.24, 2.45) is 0 Å². The molecule has 0 aliphatic rings. The quantitative estimate of drug-likeness (QED) is 0.308. The Morgan fingerprint density at radius 3 is 1.07 bits per heavy atom. The highest BCUT2D eigenvalue weighted by Gasteiger charge is 2.10. The van der Waals surface area contributed by atoms with Crippen molar-refractivity contribution in [3.63, 3.8) is 0 Å². The van der Waals surface area contributed by atoms with Crippen molar-refractivity contribution in [3.05, 3.63) is 120 Å². The summed E-state index contributed by atoms with van der Waals surface area (Å²) in [5.74, 6) is 0. The number of fused-ring (bicyclic) bond motifs is 2. The molecule has 0 amide bonds. The molecule has 0 aliphatic heterocycles. The van der Waals surface area contributed by atoms with Crippen molar-refractivity contribution < 1.29 is 0 Å². The van der Waals surface area contributed by atoms with Crippen molar-refractivity contribution in [2.75, 3.05) is 0 Å². The van der Waals surface area contributed by atoms with Crippen molar-refractivity contribution in [3.8, 4) is 0 Å². The molecule has 3 aromatic carbocycles. The third-order valence-electron chi connectivity index (χ3n) is 5.31. The summed E-state index contributed by atoms with van der Waals surface area (Å²) in [6.07, 6.45) is 16.0. The van der Waals surface area contributed by atoms with Gasteiger partial charge in [0.15, 0.2) is 0 Å². The van der Waals surface area contributed by atoms with Crippen LogP contribution in [0, 0.1) is 0 Å². The zero-order valence-corrected chi connectivity index (χ0v) is 16.4. The van der Waals surface area contributed by atoms with Gasteiger partial charge in [0.1, 0.15) is 0 Å². The first-order valence-electron chi connectivity index (χ1n) is 10.00. The van der Waals surface area contributed by atoms with Gasteiger partial charge in [-0.15, -0.1) is 0 Å². The standard InChI is InChI=1S/C28H20N2/c1-2-6-24-23(5-1)27(11-9-21-13-17-29-18-14-21)25-7-3-4-8-26(25)28(24)12-10-22-15-19-30-20-16-22/h1-20H. The molecule has 0 aliphatic carbocycles. The first kappa shape index (κ1) is 18.0. The van der Waals surface area contributed by atoms with Crippen LogP contribution in [0.5, 0.6) is 0 Å². The van der Waals surface area contributed by atoms with Crippen LogP contribution in [0.3, 0.4) is 0 Å². The molecule has 2 nitrogen and oxygen atoms in total. The number of rotatable bonds is 4. The first-order chi connectivity index (χ1) is 14.9. The van der Waals surface area contributed by atoms with E-state index < -0.39 is 0 Å². The van der Waals surface area contributed by atoms with Crippen LogP contribution in [0.1, 0.15) is 22.3 Å². The summed E-state index contributed by atoms with van der Waals surface area (Å²) in [7, 11) is 0. The lowest BCUT2D eigenvalue weighted by Crippen LogP contribution is -1.88. The zero-order chi connectivity index (χ0) is 20.2. The Hall–Kier alpha value is -4.04. The van der Waals surface area contributed by atoms with E-state index in [9.17, 15) is 0 Å². The predicted molar refractivity (Wildman–Crippen MR) is 128 cm³/mol. The number of benzene rings is 3. The second kappa shape index (κ2) is 8.14. The van der Waals surface area contributed by atoms with E-state index in [4.69, 9.17) is 0 Å². The van der Waals surface area contributed by atoms with Gasteiger partial charge in [-0.3, -0.25) is 9.97 Å². The molecule has 0 saturated heterocycles. The van der Waals surface area contributed by atoms with Gasteiger partial charge in [0.25, 0.3) is 0 Å². The number of nitrogens with zero attached hydrogens (tertiary/aromatic N) is 2. The molecular weight excluding hydrogens is 364 g/mol. The Bertz CT molecular complexity index is 1200. The monoisotopic (exact) mass is 384 g/mol. The number of aromatic nitrogens is 2. The third-order valence-corrected chi connectivity index (χ3v) is 5.31. The molecule has 0 atom stereocenters. The summed E-state index contributed by atoms with van der Waals surface area (Å²) in [4.78, 5) is 8.22. The molecule has 0 radical (unpaired) electrons. The minimum atomic E-state index is 1.14. The fourth-order valence-electron chi connectivity index (χ4n) is 3.86. The van der Waals surface area contributed by atoms with Gasteiger partial charge in [-0.25, -0.2) is 0 Å². The molecule has 0 N–H and O–H groups in total. The maximum Gasteiger partial charge on any atom is 0.0273 e. The fraction of sp³-hybridized carbons (Fsp3) is 0. The minimum absolute atomic E-state index is 1.14. The lowest BCUT2D eigenvalue weighted by Gasteiger charge is -2.13. The summed E-state index contributed by atoms with van der Waals surface area (Å²) < 4.78 is 0. The van der Waals surface area contributed by atoms with Crippen LogP contribution in [-0.2, 0) is 0 Å². The Labute approximate surface area is 175 Å². The first-order valence-corrected chi connectivity index (χ1v) is 10.00. The lowest BCUT2D eigenvalue weighted by atomic mass is 9.91. The Kier molecular flexibility index (Phi) is 4.89. The summed E-state index contributed by atoms with van der Waals surface area (Å²) in [5.41, 5.74) is 4.75. The van der Waals surface area contributed by atoms with E-state index in [-0.39, 0.29) is 0 Å². The topological polar surface area (TPSA) is 25.8 Å². The van der Waals surface area contributed by atoms with Gasteiger partial charge in [-0.2, -0.15) is 0 Å². The normalized spacial score (nSPS) is 11.7. The third kappa shape index (κ3) is 3.51. The molecule has 2 heterocycles. The second-order valence-corrected chi connectivity index (χ2v) is 7.15. The van der Waals surface area contributed by atoms with E-state index in [0.29, 0.717) is 0 Å². The molecule has 5 rings (SSSR count). The molecule has 142 valence electrons. The van der Waals surface area contributed by atoms with E-state index in [1.54, 1.807) is 0 Å². The highest BCUT2D eigenvalue weighted by atomic mass is 14.6. The molecule has 2 heteroatoms. The van der Waals surface area contributed by atoms with Crippen LogP contribution >= 0.6 is 0 Å². The molecule has 30 heavy (non-hydrogen) atoms. The van der Waals surface area contributed by atoms with Crippen molar-refractivity contribution in [2.45, 2.75) is 0 Å². The predicted octanol–water partition coefficient (Wildman–Crippen LogP) is 7.12. The van der Waals surface area contributed by atoms with Crippen molar-refractivity contribution in [1.29, 1.82) is 0 Å². The molecule has 0 saturated carbocycles. The highest BCUT2D eigenvalue weighted by molar-refractivity contribution is 6.14. The Balaban J connectivity index is 1.74. The summed E-state index contributed by atoms with van der Waals surface area (Å²) in [5, 5.41) is 4.98. The van der Waals surface area contributed by atoms with Gasteiger partial charge in [-0.1, -0.05) is 72.8 Å². The zero-order valence-electron chi connectivity index (χ0n) is 16.4. The molecule has 0 unspecified atom stereocenters. The largest absolute Gasteiger partial charge is 0.265 e. The number of hydrogen-bond acceptors (Lipinski definition) is 2. The van der Waals surface area contributed by atoms with Crippen LogP contribution in [0.2, 0.25) is 0 Å². The van der Waals surface area contributed by atoms with Gasteiger partial charge in [0.2, 0.25) is 0 Å². The van der Waals surface area contributed by atoms with E-state index in [2.05, 4.69) is 82.8 Å². The van der Waals surface area contributed by atoms with Gasteiger partial charge >= 0.3 is 0 Å². The van der Waals surface area contributed by atoms with Crippen LogP contribution in [-0.4, -0.2) is 9.97 Å². The Morgan fingerprint density at radius 1 is 0.400 bits per heavy atom. The van der Waals surface area contributed by atoms with Gasteiger partial charge in [0, 0.05) is 24.8 Å². The molecular formula is C28H20N2. The second-order valence-electron chi connectivity index (χ2n) is 7.15. The lowest BCUT2D eigenvalue weighted by molar-refractivity contribution is 1.32. The average Bonchev–Trinajstić information content (AvgIpc) is 2.82. The van der Waals surface area contributed by atoms with Gasteiger partial charge in [0.05, 0.1) is 0 Å². The van der Waals surface area contributed by atoms with E-state index in [1.807, 2.05) is 49.1 Å². The smallest absolute Gasteiger partial charge is 0.0273 e. The summed E-state index contributed by atoms with van der Waals surface area (Å²) in [6, 6.07) is 25.3. The van der Waals surface area contributed by atoms with Crippen molar-refractivity contribution >= 4 is 45.8 Å². The molecule has 0 fully saturated rings. The number of hydrogen-bond donors (Lipinski definition) is 0. The van der Waals surface area contributed by atoms with Crippen LogP contribution in [0.15, 0.2) is 97.6 Å². The van der Waals surface area contributed by atoms with Crippen LogP contribution in [0.25, 0.3) is 45.8 Å². The average molecular weight is 384 g/mol. The fourth-order valence-corrected chi connectivity index (χ4v) is 3.86. The van der Waals surface area contributed by atoms with Crippen LogP contribution in [0.4, 0.5) is 0 Å². The molecule has 5 aromatic rings. The highest BCUT2D eigenvalue weighted by Crippen LogP contribution is 2.35. The summed E-state index contributed by atoms with van der Waals surface area (Å²) >= 11 is 0. The number of pyridine rings is 2. The van der Waals surface area contributed by atoms with E-state index in [1.165, 1.54) is 32.7 Å².